The number of rotatable bonds is 10. The molecule has 0 saturated heterocycles. The summed E-state index contributed by atoms with van der Waals surface area (Å²) in [7, 11) is -16.9. The summed E-state index contributed by atoms with van der Waals surface area (Å²) in [6.07, 6.45) is 6.82. The quantitative estimate of drug-likeness (QED) is 0.0989. The Bertz CT molecular complexity index is 3750. The normalized spacial score (nSPS) is 12.2. The summed E-state index contributed by atoms with van der Waals surface area (Å²) in [5, 5.41) is 0. The third-order valence-corrected chi connectivity index (χ3v) is 16.7. The molecular weight excluding hydrogens is 1180 g/mol. The van der Waals surface area contributed by atoms with E-state index in [0.29, 0.717) is 86.8 Å². The maximum absolute atomic E-state index is 12.2. The standard InChI is InChI=1S/C46H33N3O14S4Se.4K/c1-62-39-23-29(66(56,57)58)11-13-31(39)45-37-19-17-35(48-37)43(25-3-7-27(8-4-25)64(50,51)52)33-15-16-34(47-33)44(26-5-9-28(10-6-26)65(53,54)55)36-18-20-38(49-36)46(42-22-21-41(45)68-42)32-14-12-30(67(59,60)61)24-40(32)63-2;;;;/h3-24,47H,1-2H3,(H,50,51,52)(H,53,54,55)(H,56,57,58)(H,59,60,61);;;;/q;4*+1/p-4. The predicted molar refractivity (Wildman–Crippen MR) is 248 cm³/mol. The predicted octanol–water partition coefficient (Wildman–Crippen LogP) is -5.30. The minimum absolute atomic E-state index is 0. The molecule has 0 saturated carbocycles. The van der Waals surface area contributed by atoms with Crippen molar-refractivity contribution in [3.63, 3.8) is 0 Å². The van der Waals surface area contributed by atoms with Crippen LogP contribution in [0.15, 0.2) is 129 Å². The first-order chi connectivity index (χ1) is 32.1. The van der Waals surface area contributed by atoms with Crippen molar-refractivity contribution in [2.75, 3.05) is 14.2 Å². The topological polar surface area (TPSA) is 289 Å². The van der Waals surface area contributed by atoms with Gasteiger partial charge in [-0.1, -0.05) is 0 Å². The SMILES string of the molecule is COc1cc(S(=O)(=O)[O-])ccc1-c1c2nc(c(-c3ccc(S(=O)(=O)[O-])cc3)c3ccc([nH]3)c(-c3ccc(S(=O)(=O)[O-])cc3)c3nc(c(-c4ccc(S(=O)(=O)[O-])cc4OC)c4ccc1[se]4)C=C3)C=C2.[K+].[K+].[K+].[K+]. The van der Waals surface area contributed by atoms with E-state index in [2.05, 4.69) is 4.98 Å². The van der Waals surface area contributed by atoms with Crippen LogP contribution in [-0.4, -0.2) is 95.6 Å². The molecule has 346 valence electrons. The van der Waals surface area contributed by atoms with Crippen LogP contribution < -0.4 is 215 Å². The molecule has 2 aliphatic rings. The molecule has 0 atom stereocenters. The number of aromatic amines is 1. The molecule has 1 N–H and O–H groups in total. The van der Waals surface area contributed by atoms with Crippen LogP contribution in [0.5, 0.6) is 11.5 Å². The van der Waals surface area contributed by atoms with Gasteiger partial charge in [0.25, 0.3) is 0 Å². The van der Waals surface area contributed by atoms with Crippen molar-refractivity contribution in [2.24, 2.45) is 0 Å². The van der Waals surface area contributed by atoms with Crippen LogP contribution in [0.2, 0.25) is 0 Å². The fraction of sp³-hybridized carbons (Fsp3) is 0.0435. The van der Waals surface area contributed by atoms with Crippen LogP contribution in [0.3, 0.4) is 0 Å². The van der Waals surface area contributed by atoms with Crippen molar-refractivity contribution in [3.05, 3.63) is 132 Å². The van der Waals surface area contributed by atoms with Crippen molar-refractivity contribution in [1.82, 2.24) is 15.0 Å². The number of H-pyrrole nitrogens is 1. The number of hydrogen-bond acceptors (Lipinski definition) is 16. The Labute approximate surface area is 590 Å². The largest absolute Gasteiger partial charge is 1.00 e. The molecule has 17 nitrogen and oxygen atoms in total. The van der Waals surface area contributed by atoms with Crippen molar-refractivity contribution in [2.45, 2.75) is 19.6 Å². The summed E-state index contributed by atoms with van der Waals surface area (Å²) in [5.74, 6) is 0.0560. The van der Waals surface area contributed by atoms with Gasteiger partial charge in [-0.2, -0.15) is 0 Å². The molecule has 0 aliphatic carbocycles. The summed E-state index contributed by atoms with van der Waals surface area (Å²) >= 11 is -0.702. The van der Waals surface area contributed by atoms with Crippen LogP contribution in [-0.2, 0) is 40.5 Å². The van der Waals surface area contributed by atoms with Gasteiger partial charge in [0, 0.05) is 0 Å². The monoisotopic (exact) mass is 1210 g/mol. The number of fused-ring (bicyclic) bond motifs is 8. The van der Waals surface area contributed by atoms with Gasteiger partial charge in [-0.15, -0.1) is 0 Å². The summed E-state index contributed by atoms with van der Waals surface area (Å²) in [4.78, 5) is 11.6. The van der Waals surface area contributed by atoms with Crippen LogP contribution in [0.25, 0.3) is 88.4 Å². The molecule has 4 aromatic carbocycles. The molecule has 26 heteroatoms. The zero-order chi connectivity index (χ0) is 48.5. The van der Waals surface area contributed by atoms with E-state index in [-0.39, 0.29) is 217 Å². The number of methoxy groups -OCH3 is 2. The maximum atomic E-state index is 12.2. The Morgan fingerprint density at radius 3 is 1.03 bits per heavy atom. The maximum Gasteiger partial charge on any atom is 1.00 e. The van der Waals surface area contributed by atoms with Gasteiger partial charge >= 0.3 is 602 Å². The molecule has 72 heavy (non-hydrogen) atoms. The van der Waals surface area contributed by atoms with Gasteiger partial charge in [0.15, 0.2) is 0 Å². The summed E-state index contributed by atoms with van der Waals surface area (Å²) in [6, 6.07) is 24.9. The van der Waals surface area contributed by atoms with Gasteiger partial charge in [-0.3, -0.25) is 0 Å². The second kappa shape index (κ2) is 25.0. The zero-order valence-electron chi connectivity index (χ0n) is 38.9. The molecule has 0 spiro atoms. The number of aromatic nitrogens is 3. The average Bonchev–Trinajstić information content (AvgIpc) is 4.14. The smallest absolute Gasteiger partial charge is 1.00 e. The number of nitrogens with zero attached hydrogens (tertiary/aromatic N) is 2. The minimum Gasteiger partial charge on any atom is 1.00 e. The Hall–Kier alpha value is -0.0151. The van der Waals surface area contributed by atoms with Crippen LogP contribution in [0.4, 0.5) is 0 Å². The van der Waals surface area contributed by atoms with E-state index in [1.165, 1.54) is 74.9 Å². The fourth-order valence-electron chi connectivity index (χ4n) is 7.89. The van der Waals surface area contributed by atoms with E-state index in [4.69, 9.17) is 19.4 Å². The molecule has 3 aromatic heterocycles. The minimum atomic E-state index is -4.92. The van der Waals surface area contributed by atoms with E-state index in [9.17, 15) is 51.9 Å². The molecule has 0 fully saturated rings. The zero-order valence-corrected chi connectivity index (χ0v) is 56.3. The van der Waals surface area contributed by atoms with Crippen LogP contribution in [0, 0.1) is 0 Å². The van der Waals surface area contributed by atoms with E-state index < -0.39 is 74.6 Å². The van der Waals surface area contributed by atoms with Crippen LogP contribution >= 0.6 is 0 Å². The summed E-state index contributed by atoms with van der Waals surface area (Å²) < 4.78 is 158. The number of hydrogen-bond donors (Lipinski definition) is 1. The Kier molecular flexibility index (Phi) is 21.8. The van der Waals surface area contributed by atoms with E-state index in [1.54, 1.807) is 36.4 Å². The first-order valence-corrected chi connectivity index (χ1v) is 27.0. The molecule has 0 radical (unpaired) electrons. The molecule has 9 rings (SSSR count). The molecule has 5 heterocycles. The number of ether oxygens (including phenoxy) is 2. The van der Waals surface area contributed by atoms with Crippen molar-refractivity contribution >= 4 is 98.8 Å². The number of nitrogens with one attached hydrogen (secondary N) is 1. The number of benzene rings is 4. The van der Waals surface area contributed by atoms with E-state index in [0.717, 1.165) is 24.3 Å². The van der Waals surface area contributed by atoms with Crippen molar-refractivity contribution < 1.29 is 267 Å². The molecule has 2 aliphatic heterocycles. The third kappa shape index (κ3) is 13.3. The van der Waals surface area contributed by atoms with Gasteiger partial charge < -0.3 is 0 Å². The first-order valence-electron chi connectivity index (χ1n) is 19.6. The average molecular weight is 1210 g/mol. The molecule has 0 amide bonds. The Balaban J connectivity index is 0.00000241. The Morgan fingerprint density at radius 2 is 0.722 bits per heavy atom. The molecular formula is C46H29K4N3O14S4Se. The molecule has 7 aromatic rings. The van der Waals surface area contributed by atoms with Crippen molar-refractivity contribution in [3.8, 4) is 56.0 Å². The first kappa shape index (κ1) is 62.8. The van der Waals surface area contributed by atoms with Gasteiger partial charge in [0.2, 0.25) is 0 Å². The van der Waals surface area contributed by atoms with Gasteiger partial charge in [-0.25, -0.2) is 0 Å². The van der Waals surface area contributed by atoms with E-state index in [1.807, 2.05) is 12.1 Å². The molecule has 0 unspecified atom stereocenters. The summed E-state index contributed by atoms with van der Waals surface area (Å²) in [6.45, 7) is 0. The van der Waals surface area contributed by atoms with Crippen molar-refractivity contribution in [1.29, 1.82) is 0 Å². The Morgan fingerprint density at radius 1 is 0.417 bits per heavy atom. The fourth-order valence-corrected chi connectivity index (χ4v) is 12.2. The van der Waals surface area contributed by atoms with Gasteiger partial charge in [-0.05, 0) is 0 Å². The third-order valence-electron chi connectivity index (χ3n) is 11.0. The second-order valence-corrected chi connectivity index (χ2v) is 22.8. The summed E-state index contributed by atoms with van der Waals surface area (Å²) in [5.41, 5.74) is 5.63. The second-order valence-electron chi connectivity index (χ2n) is 15.0. The molecule has 8 bridgehead atoms. The van der Waals surface area contributed by atoms with Gasteiger partial charge in [0.1, 0.15) is 0 Å². The van der Waals surface area contributed by atoms with Gasteiger partial charge in [0.05, 0.1) is 0 Å². The van der Waals surface area contributed by atoms with Crippen LogP contribution in [0.1, 0.15) is 22.8 Å². The van der Waals surface area contributed by atoms with E-state index >= 15 is 0 Å².